The molecule has 4 amide bonds. The van der Waals surface area contributed by atoms with Gasteiger partial charge in [-0.1, -0.05) is 6.58 Å². The number of imide groups is 1. The lowest BCUT2D eigenvalue weighted by atomic mass is 10.3. The highest BCUT2D eigenvalue weighted by molar-refractivity contribution is 5.96. The zero-order valence-electron chi connectivity index (χ0n) is 13.0. The minimum atomic E-state index is -1.37. The highest BCUT2D eigenvalue weighted by atomic mass is 16.6. The lowest BCUT2D eigenvalue weighted by molar-refractivity contribution is -0.138. The van der Waals surface area contributed by atoms with E-state index in [2.05, 4.69) is 6.58 Å². The normalized spacial score (nSPS) is 28.9. The lowest BCUT2D eigenvalue weighted by Crippen LogP contribution is -2.67. The number of epoxide rings is 2. The van der Waals surface area contributed by atoms with Gasteiger partial charge in [-0.25, -0.2) is 19.3 Å². The minimum absolute atomic E-state index is 0.117. The maximum atomic E-state index is 12.5. The predicted octanol–water partition coefficient (Wildman–Crippen LogP) is -1.05. The van der Waals surface area contributed by atoms with Gasteiger partial charge < -0.3 is 19.3 Å². The summed E-state index contributed by atoms with van der Waals surface area (Å²) in [6.07, 6.45) is -0.658. The fourth-order valence-corrected chi connectivity index (χ4v) is 2.38. The van der Waals surface area contributed by atoms with Gasteiger partial charge in [0.1, 0.15) is 6.61 Å². The third-order valence-corrected chi connectivity index (χ3v) is 3.84. The second-order valence-corrected chi connectivity index (χ2v) is 5.65. The van der Waals surface area contributed by atoms with Gasteiger partial charge in [-0.05, 0) is 0 Å². The number of amides is 4. The van der Waals surface area contributed by atoms with E-state index in [9.17, 15) is 19.5 Å². The van der Waals surface area contributed by atoms with Crippen LogP contribution in [0.2, 0.25) is 0 Å². The third kappa shape index (κ3) is 3.66. The Balaban J connectivity index is 1.68. The molecule has 0 bridgehead atoms. The van der Waals surface area contributed by atoms with E-state index in [0.717, 1.165) is 20.8 Å². The third-order valence-electron chi connectivity index (χ3n) is 3.84. The maximum Gasteiger partial charge on any atom is 0.331 e. The molecule has 0 aromatic carbocycles. The summed E-state index contributed by atoms with van der Waals surface area (Å²) in [6, 6.07) is -1.30. The largest absolute Gasteiger partial charge is 0.461 e. The fourth-order valence-electron chi connectivity index (χ4n) is 2.38. The predicted molar refractivity (Wildman–Crippen MR) is 77.6 cm³/mol. The van der Waals surface area contributed by atoms with Crippen molar-refractivity contribution < 1.29 is 33.7 Å². The molecule has 0 saturated carbocycles. The van der Waals surface area contributed by atoms with Crippen LogP contribution >= 0.6 is 0 Å². The van der Waals surface area contributed by atoms with Gasteiger partial charge in [0.05, 0.1) is 45.1 Å². The molecule has 24 heavy (non-hydrogen) atoms. The smallest absolute Gasteiger partial charge is 0.331 e. The van der Waals surface area contributed by atoms with Gasteiger partial charge in [0.15, 0.2) is 0 Å². The molecule has 10 heteroatoms. The average molecular weight is 341 g/mol. The van der Waals surface area contributed by atoms with E-state index < -0.39 is 24.4 Å². The van der Waals surface area contributed by atoms with E-state index in [1.54, 1.807) is 0 Å². The van der Waals surface area contributed by atoms with Crippen molar-refractivity contribution in [2.75, 3.05) is 39.5 Å². The van der Waals surface area contributed by atoms with Gasteiger partial charge in [-0.15, -0.1) is 0 Å². The molecule has 3 aliphatic rings. The highest BCUT2D eigenvalue weighted by Gasteiger charge is 2.47. The molecule has 0 radical (unpaired) electrons. The number of urea groups is 2. The second-order valence-electron chi connectivity index (χ2n) is 5.65. The molecule has 10 nitrogen and oxygen atoms in total. The summed E-state index contributed by atoms with van der Waals surface area (Å²) >= 11 is 0. The van der Waals surface area contributed by atoms with Crippen molar-refractivity contribution in [3.05, 3.63) is 12.7 Å². The SMILES string of the molecule is C=CC(=O)OCCN1C(=O)N(CC2CO2)C(O)N(CC2CO2)C1=O. The Kier molecular flexibility index (Phi) is 4.69. The van der Waals surface area contributed by atoms with Crippen LogP contribution in [0.1, 0.15) is 0 Å². The first-order valence-corrected chi connectivity index (χ1v) is 7.60. The number of ether oxygens (including phenoxy) is 3. The van der Waals surface area contributed by atoms with Crippen molar-refractivity contribution in [2.24, 2.45) is 0 Å². The van der Waals surface area contributed by atoms with Gasteiger partial charge in [0.25, 0.3) is 0 Å². The van der Waals surface area contributed by atoms with Crippen LogP contribution < -0.4 is 0 Å². The number of hydrogen-bond donors (Lipinski definition) is 1. The second kappa shape index (κ2) is 6.75. The number of esters is 1. The molecule has 1 N–H and O–H groups in total. The van der Waals surface area contributed by atoms with Crippen molar-refractivity contribution in [3.8, 4) is 0 Å². The van der Waals surface area contributed by atoms with Crippen LogP contribution in [0.15, 0.2) is 12.7 Å². The lowest BCUT2D eigenvalue weighted by Gasteiger charge is -2.44. The van der Waals surface area contributed by atoms with Crippen LogP contribution in [-0.4, -0.2) is 95.9 Å². The number of aliphatic hydroxyl groups is 1. The first-order chi connectivity index (χ1) is 11.5. The summed E-state index contributed by atoms with van der Waals surface area (Å²) in [7, 11) is 0. The van der Waals surface area contributed by atoms with Crippen molar-refractivity contribution in [1.29, 1.82) is 0 Å². The summed E-state index contributed by atoms with van der Waals surface area (Å²) in [4.78, 5) is 39.3. The first-order valence-electron chi connectivity index (χ1n) is 7.60. The van der Waals surface area contributed by atoms with Crippen molar-refractivity contribution in [3.63, 3.8) is 0 Å². The summed E-state index contributed by atoms with van der Waals surface area (Å²) in [5, 5.41) is 10.4. The molecule has 0 aromatic rings. The van der Waals surface area contributed by atoms with E-state index in [-0.39, 0.29) is 38.4 Å². The number of nitrogens with zero attached hydrogens (tertiary/aromatic N) is 3. The Morgan fingerprint density at radius 3 is 2.12 bits per heavy atom. The number of carbonyl (C=O) groups is 3. The van der Waals surface area contributed by atoms with E-state index in [1.807, 2.05) is 0 Å². The summed E-state index contributed by atoms with van der Waals surface area (Å²) in [5.74, 6) is -0.640. The molecule has 3 heterocycles. The molecule has 3 aliphatic heterocycles. The van der Waals surface area contributed by atoms with Crippen LogP contribution in [0, 0.1) is 0 Å². The average Bonchev–Trinajstić information content (AvgIpc) is 3.46. The van der Waals surface area contributed by atoms with Gasteiger partial charge in [0, 0.05) is 6.08 Å². The monoisotopic (exact) mass is 341 g/mol. The Labute approximate surface area is 138 Å². The van der Waals surface area contributed by atoms with E-state index in [4.69, 9.17) is 14.2 Å². The van der Waals surface area contributed by atoms with Gasteiger partial charge >= 0.3 is 18.0 Å². The number of hydrogen-bond acceptors (Lipinski definition) is 7. The Morgan fingerprint density at radius 2 is 1.71 bits per heavy atom. The van der Waals surface area contributed by atoms with Crippen LogP contribution in [0.25, 0.3) is 0 Å². The summed E-state index contributed by atoms with van der Waals surface area (Å²) in [6.45, 7) is 4.37. The molecular formula is C14H19N3O7. The molecule has 3 rings (SSSR count). The van der Waals surface area contributed by atoms with Crippen LogP contribution in [0.3, 0.4) is 0 Å². The number of carbonyl (C=O) groups excluding carboxylic acids is 3. The van der Waals surface area contributed by atoms with Gasteiger partial charge in [0.2, 0.25) is 6.35 Å². The van der Waals surface area contributed by atoms with Crippen molar-refractivity contribution >= 4 is 18.0 Å². The van der Waals surface area contributed by atoms with Crippen molar-refractivity contribution in [1.82, 2.24) is 14.7 Å². The minimum Gasteiger partial charge on any atom is -0.461 e. The zero-order valence-corrected chi connectivity index (χ0v) is 13.0. The van der Waals surface area contributed by atoms with E-state index in [1.165, 1.54) is 0 Å². The molecule has 2 atom stereocenters. The molecule has 0 aliphatic carbocycles. The standard InChI is InChI=1S/C14H19N3O7/c1-2-11(18)22-4-3-15-12(19)16(5-9-7-23-9)14(21)17(13(15)20)6-10-8-24-10/h2,9-10,14,21H,1,3-8H2. The number of aliphatic hydroxyl groups excluding tert-OH is 1. The van der Waals surface area contributed by atoms with Crippen LogP contribution in [0.4, 0.5) is 9.59 Å². The summed E-state index contributed by atoms with van der Waals surface area (Å²) < 4.78 is 15.0. The fraction of sp³-hybridized carbons (Fsp3) is 0.643. The Bertz CT molecular complexity index is 512. The molecule has 2 unspecified atom stereocenters. The summed E-state index contributed by atoms with van der Waals surface area (Å²) in [5.41, 5.74) is 0. The molecule has 3 saturated heterocycles. The molecule has 3 fully saturated rings. The molecule has 0 spiro atoms. The quantitative estimate of drug-likeness (QED) is 0.340. The van der Waals surface area contributed by atoms with E-state index in [0.29, 0.717) is 13.2 Å². The van der Waals surface area contributed by atoms with Crippen LogP contribution in [0.5, 0.6) is 0 Å². The molecule has 0 aromatic heterocycles. The number of rotatable bonds is 8. The zero-order chi connectivity index (χ0) is 17.3. The van der Waals surface area contributed by atoms with Gasteiger partial charge in [-0.2, -0.15) is 0 Å². The maximum absolute atomic E-state index is 12.5. The Morgan fingerprint density at radius 1 is 1.21 bits per heavy atom. The molecular weight excluding hydrogens is 322 g/mol. The Hall–Kier alpha value is -2.17. The van der Waals surface area contributed by atoms with Gasteiger partial charge in [-0.3, -0.25) is 9.80 Å². The van der Waals surface area contributed by atoms with Crippen LogP contribution in [-0.2, 0) is 19.0 Å². The first kappa shape index (κ1) is 16.7. The van der Waals surface area contributed by atoms with Crippen molar-refractivity contribution in [2.45, 2.75) is 18.6 Å². The van der Waals surface area contributed by atoms with E-state index >= 15 is 0 Å². The topological polar surface area (TPSA) is 115 Å². The molecule has 132 valence electrons. The highest BCUT2D eigenvalue weighted by Crippen LogP contribution is 2.23.